The molecule has 0 aliphatic heterocycles. The van der Waals surface area contributed by atoms with Crippen LogP contribution in [0.15, 0.2) is 15.6 Å². The molecule has 5 heteroatoms. The third-order valence-corrected chi connectivity index (χ3v) is 3.70. The molecule has 1 aliphatic carbocycles. The van der Waals surface area contributed by atoms with Crippen molar-refractivity contribution in [1.82, 2.24) is 9.97 Å². The summed E-state index contributed by atoms with van der Waals surface area (Å²) in [6.07, 6.45) is 6.38. The van der Waals surface area contributed by atoms with Gasteiger partial charge in [0.1, 0.15) is 10.3 Å². The first-order chi connectivity index (χ1) is 7.20. The standard InChI is InChI=1S/C10H14BrN3O/c1-14(7-4-2-3-5-7)9-8(11)10(15)13-6-12-9/h6-7H,2-5H2,1H3,(H,12,13,15). The van der Waals surface area contributed by atoms with Gasteiger partial charge >= 0.3 is 0 Å². The van der Waals surface area contributed by atoms with E-state index >= 15 is 0 Å². The summed E-state index contributed by atoms with van der Waals surface area (Å²) in [5, 5.41) is 0. The lowest BCUT2D eigenvalue weighted by Gasteiger charge is -2.25. The highest BCUT2D eigenvalue weighted by Crippen LogP contribution is 2.28. The number of aromatic amines is 1. The Balaban J connectivity index is 2.28. The van der Waals surface area contributed by atoms with Crippen molar-refractivity contribution in [1.29, 1.82) is 0 Å². The molecule has 82 valence electrons. The van der Waals surface area contributed by atoms with Crippen molar-refractivity contribution in [3.05, 3.63) is 21.2 Å². The van der Waals surface area contributed by atoms with E-state index in [1.165, 1.54) is 32.0 Å². The number of anilines is 1. The van der Waals surface area contributed by atoms with Crippen LogP contribution in [-0.2, 0) is 0 Å². The van der Waals surface area contributed by atoms with Gasteiger partial charge in [-0.2, -0.15) is 0 Å². The average molecular weight is 272 g/mol. The van der Waals surface area contributed by atoms with E-state index in [9.17, 15) is 4.79 Å². The summed E-state index contributed by atoms with van der Waals surface area (Å²) in [6.45, 7) is 0. The van der Waals surface area contributed by atoms with E-state index in [0.717, 1.165) is 5.82 Å². The second kappa shape index (κ2) is 4.35. The molecule has 1 aromatic heterocycles. The van der Waals surface area contributed by atoms with Crippen LogP contribution in [0.25, 0.3) is 0 Å². The molecule has 15 heavy (non-hydrogen) atoms. The largest absolute Gasteiger partial charge is 0.356 e. The molecule has 2 rings (SSSR count). The molecule has 1 N–H and O–H groups in total. The van der Waals surface area contributed by atoms with Crippen molar-refractivity contribution >= 4 is 21.7 Å². The zero-order valence-electron chi connectivity index (χ0n) is 8.66. The molecule has 0 spiro atoms. The SMILES string of the molecule is CN(c1nc[nH]c(=O)c1Br)C1CCCC1. The maximum Gasteiger partial charge on any atom is 0.267 e. The summed E-state index contributed by atoms with van der Waals surface area (Å²) >= 11 is 3.28. The minimum absolute atomic E-state index is 0.121. The lowest BCUT2D eigenvalue weighted by Crippen LogP contribution is -2.31. The zero-order chi connectivity index (χ0) is 10.8. The van der Waals surface area contributed by atoms with E-state index in [0.29, 0.717) is 10.5 Å². The van der Waals surface area contributed by atoms with Crippen LogP contribution in [-0.4, -0.2) is 23.1 Å². The molecule has 1 aliphatic rings. The van der Waals surface area contributed by atoms with Crippen molar-refractivity contribution in [2.24, 2.45) is 0 Å². The lowest BCUT2D eigenvalue weighted by molar-refractivity contribution is 0.644. The van der Waals surface area contributed by atoms with E-state index in [1.807, 2.05) is 7.05 Å². The zero-order valence-corrected chi connectivity index (χ0v) is 10.2. The molecule has 0 atom stereocenters. The van der Waals surface area contributed by atoms with Crippen LogP contribution >= 0.6 is 15.9 Å². The van der Waals surface area contributed by atoms with Crippen molar-refractivity contribution in [3.63, 3.8) is 0 Å². The number of halogens is 1. The van der Waals surface area contributed by atoms with E-state index < -0.39 is 0 Å². The van der Waals surface area contributed by atoms with Gasteiger partial charge in [-0.1, -0.05) is 12.8 Å². The lowest BCUT2D eigenvalue weighted by atomic mass is 10.2. The van der Waals surface area contributed by atoms with E-state index in [2.05, 4.69) is 30.8 Å². The monoisotopic (exact) mass is 271 g/mol. The molecule has 1 aromatic rings. The van der Waals surface area contributed by atoms with Crippen molar-refractivity contribution < 1.29 is 0 Å². The fourth-order valence-electron chi connectivity index (χ4n) is 2.08. The van der Waals surface area contributed by atoms with Gasteiger partial charge in [0.2, 0.25) is 0 Å². The van der Waals surface area contributed by atoms with Gasteiger partial charge in [0.05, 0.1) is 6.33 Å². The number of rotatable bonds is 2. The van der Waals surface area contributed by atoms with Crippen molar-refractivity contribution in [2.45, 2.75) is 31.7 Å². The number of hydrogen-bond acceptors (Lipinski definition) is 3. The van der Waals surface area contributed by atoms with Gasteiger partial charge in [-0.3, -0.25) is 4.79 Å². The smallest absolute Gasteiger partial charge is 0.267 e. The molecule has 0 bridgehead atoms. The summed E-state index contributed by atoms with van der Waals surface area (Å²) in [7, 11) is 2.00. The Hall–Kier alpha value is -0.840. The number of aromatic nitrogens is 2. The molecule has 0 saturated heterocycles. The summed E-state index contributed by atoms with van der Waals surface area (Å²) in [6, 6.07) is 0.524. The Morgan fingerprint density at radius 3 is 2.87 bits per heavy atom. The van der Waals surface area contributed by atoms with Crippen molar-refractivity contribution in [2.75, 3.05) is 11.9 Å². The molecule has 4 nitrogen and oxygen atoms in total. The van der Waals surface area contributed by atoms with Crippen LogP contribution in [0.3, 0.4) is 0 Å². The highest BCUT2D eigenvalue weighted by Gasteiger charge is 2.22. The first kappa shape index (κ1) is 10.7. The normalized spacial score (nSPS) is 16.9. The molecular weight excluding hydrogens is 258 g/mol. The Morgan fingerprint density at radius 2 is 2.20 bits per heavy atom. The second-order valence-electron chi connectivity index (χ2n) is 3.92. The molecule has 0 aromatic carbocycles. The van der Waals surface area contributed by atoms with Gasteiger partial charge in [0, 0.05) is 13.1 Å². The molecule has 0 radical (unpaired) electrons. The Bertz CT molecular complexity index is 398. The second-order valence-corrected chi connectivity index (χ2v) is 4.71. The molecule has 1 heterocycles. The Kier molecular flexibility index (Phi) is 3.09. The maximum atomic E-state index is 11.4. The minimum atomic E-state index is -0.121. The Labute approximate surface area is 96.8 Å². The van der Waals surface area contributed by atoms with E-state index in [1.54, 1.807) is 0 Å². The summed E-state index contributed by atoms with van der Waals surface area (Å²) in [5.41, 5.74) is -0.121. The van der Waals surface area contributed by atoms with Gasteiger partial charge in [0.25, 0.3) is 5.56 Å². The summed E-state index contributed by atoms with van der Waals surface area (Å²) < 4.78 is 0.527. The van der Waals surface area contributed by atoms with Crippen LogP contribution in [0.5, 0.6) is 0 Å². The summed E-state index contributed by atoms with van der Waals surface area (Å²) in [4.78, 5) is 20.2. The number of hydrogen-bond donors (Lipinski definition) is 1. The molecule has 0 amide bonds. The maximum absolute atomic E-state index is 11.4. The first-order valence-electron chi connectivity index (χ1n) is 5.16. The predicted molar refractivity (Wildman–Crippen MR) is 63.2 cm³/mol. The number of nitrogens with one attached hydrogen (secondary N) is 1. The van der Waals surface area contributed by atoms with Crippen LogP contribution in [0.4, 0.5) is 5.82 Å². The minimum Gasteiger partial charge on any atom is -0.356 e. The predicted octanol–water partition coefficient (Wildman–Crippen LogP) is 1.91. The van der Waals surface area contributed by atoms with Gasteiger partial charge in [-0.25, -0.2) is 4.98 Å². The van der Waals surface area contributed by atoms with Crippen molar-refractivity contribution in [3.8, 4) is 0 Å². The van der Waals surface area contributed by atoms with Crippen LogP contribution in [0.2, 0.25) is 0 Å². The third-order valence-electron chi connectivity index (χ3n) is 2.98. The Morgan fingerprint density at radius 1 is 1.53 bits per heavy atom. The van der Waals surface area contributed by atoms with Crippen LogP contribution < -0.4 is 10.5 Å². The molecule has 1 saturated carbocycles. The summed E-state index contributed by atoms with van der Waals surface area (Å²) in [5.74, 6) is 0.741. The molecule has 1 fully saturated rings. The van der Waals surface area contributed by atoms with Gasteiger partial charge in [-0.05, 0) is 28.8 Å². The topological polar surface area (TPSA) is 49.0 Å². The van der Waals surface area contributed by atoms with Crippen LogP contribution in [0.1, 0.15) is 25.7 Å². The molecular formula is C10H14BrN3O. The van der Waals surface area contributed by atoms with Gasteiger partial charge in [0.15, 0.2) is 0 Å². The van der Waals surface area contributed by atoms with Gasteiger partial charge < -0.3 is 9.88 Å². The highest BCUT2D eigenvalue weighted by atomic mass is 79.9. The fourth-order valence-corrected chi connectivity index (χ4v) is 2.58. The molecule has 0 unspecified atom stereocenters. The van der Waals surface area contributed by atoms with E-state index in [-0.39, 0.29) is 5.56 Å². The highest BCUT2D eigenvalue weighted by molar-refractivity contribution is 9.10. The third kappa shape index (κ3) is 2.07. The number of nitrogens with zero attached hydrogens (tertiary/aromatic N) is 2. The number of H-pyrrole nitrogens is 1. The van der Waals surface area contributed by atoms with E-state index in [4.69, 9.17) is 0 Å². The first-order valence-corrected chi connectivity index (χ1v) is 5.95. The quantitative estimate of drug-likeness (QED) is 0.894. The van der Waals surface area contributed by atoms with Gasteiger partial charge in [-0.15, -0.1) is 0 Å². The fraction of sp³-hybridized carbons (Fsp3) is 0.600. The van der Waals surface area contributed by atoms with Crippen LogP contribution in [0, 0.1) is 0 Å². The average Bonchev–Trinajstić information content (AvgIpc) is 2.74.